The Morgan fingerprint density at radius 1 is 1.57 bits per heavy atom. The Morgan fingerprint density at radius 3 is 2.87 bits per heavy atom. The third-order valence-electron chi connectivity index (χ3n) is 3.54. The fourth-order valence-electron chi connectivity index (χ4n) is 2.39. The number of nitrogens with one attached hydrogen (secondary N) is 1. The third-order valence-corrected chi connectivity index (χ3v) is 4.23. The van der Waals surface area contributed by atoms with Gasteiger partial charge in [-0.3, -0.25) is 9.59 Å². The summed E-state index contributed by atoms with van der Waals surface area (Å²) < 4.78 is 5.13. The standard InChI is InChI=1S/C13H20N4O3S.2ClH/c1-20-9(8-14)7-11(18)17-5-2-3-10(17)12(19)16-13-15-4-6-21-13;;/h4,6,9-10H,2-3,5,7-8,14H2,1H3,(H,15,16,19);2*1H. The van der Waals surface area contributed by atoms with E-state index in [1.54, 1.807) is 16.5 Å². The maximum atomic E-state index is 12.3. The number of likely N-dealkylation sites (tertiary alicyclic amines) is 1. The Bertz CT molecular complexity index is 486. The molecule has 1 aromatic rings. The molecule has 2 atom stereocenters. The minimum Gasteiger partial charge on any atom is -0.380 e. The number of hydrogen-bond donors (Lipinski definition) is 2. The van der Waals surface area contributed by atoms with E-state index in [-0.39, 0.29) is 55.7 Å². The van der Waals surface area contributed by atoms with E-state index in [9.17, 15) is 9.59 Å². The van der Waals surface area contributed by atoms with Gasteiger partial charge in [-0.15, -0.1) is 36.2 Å². The van der Waals surface area contributed by atoms with Crippen molar-refractivity contribution in [2.45, 2.75) is 31.4 Å². The van der Waals surface area contributed by atoms with Gasteiger partial charge in [0.05, 0.1) is 12.5 Å². The van der Waals surface area contributed by atoms with Gasteiger partial charge in [0.15, 0.2) is 5.13 Å². The molecule has 0 aromatic carbocycles. The lowest BCUT2D eigenvalue weighted by atomic mass is 10.2. The Morgan fingerprint density at radius 2 is 2.30 bits per heavy atom. The molecular formula is C13H22Cl2N4O3S. The number of methoxy groups -OCH3 is 1. The molecule has 7 nitrogen and oxygen atoms in total. The fraction of sp³-hybridized carbons (Fsp3) is 0.615. The number of halogens is 2. The molecule has 2 unspecified atom stereocenters. The van der Waals surface area contributed by atoms with Crippen LogP contribution in [0, 0.1) is 0 Å². The van der Waals surface area contributed by atoms with Crippen molar-refractivity contribution in [2.24, 2.45) is 5.73 Å². The third kappa shape index (κ3) is 5.89. The molecule has 2 amide bonds. The van der Waals surface area contributed by atoms with E-state index in [0.717, 1.165) is 6.42 Å². The molecule has 1 fully saturated rings. The molecular weight excluding hydrogens is 363 g/mol. The highest BCUT2D eigenvalue weighted by Gasteiger charge is 2.34. The van der Waals surface area contributed by atoms with Gasteiger partial charge in [-0.1, -0.05) is 0 Å². The van der Waals surface area contributed by atoms with Crippen LogP contribution in [0.2, 0.25) is 0 Å². The van der Waals surface area contributed by atoms with Gasteiger partial charge in [0.1, 0.15) is 6.04 Å². The maximum Gasteiger partial charge on any atom is 0.248 e. The topological polar surface area (TPSA) is 97.5 Å². The molecule has 1 aromatic heterocycles. The lowest BCUT2D eigenvalue weighted by Crippen LogP contribution is -2.44. The molecule has 0 spiro atoms. The second-order valence-corrected chi connectivity index (χ2v) is 5.76. The highest BCUT2D eigenvalue weighted by Crippen LogP contribution is 2.21. The molecule has 0 saturated carbocycles. The number of thiazole rings is 1. The van der Waals surface area contributed by atoms with Crippen molar-refractivity contribution in [3.8, 4) is 0 Å². The summed E-state index contributed by atoms with van der Waals surface area (Å²) in [6.45, 7) is 0.877. The Labute approximate surface area is 151 Å². The van der Waals surface area contributed by atoms with Gasteiger partial charge in [0.25, 0.3) is 0 Å². The average molecular weight is 385 g/mol. The quantitative estimate of drug-likeness (QED) is 0.769. The highest BCUT2D eigenvalue weighted by atomic mass is 35.5. The SMILES string of the molecule is COC(CN)CC(=O)N1CCCC1C(=O)Nc1nccs1.Cl.Cl. The summed E-state index contributed by atoms with van der Waals surface area (Å²) in [6.07, 6.45) is 3.02. The normalized spacial score (nSPS) is 17.8. The summed E-state index contributed by atoms with van der Waals surface area (Å²) in [7, 11) is 1.53. The van der Waals surface area contributed by atoms with Crippen molar-refractivity contribution in [3.05, 3.63) is 11.6 Å². The van der Waals surface area contributed by atoms with E-state index in [4.69, 9.17) is 10.5 Å². The zero-order valence-corrected chi connectivity index (χ0v) is 15.2. The number of carbonyl (C=O) groups is 2. The number of hydrogen-bond acceptors (Lipinski definition) is 6. The van der Waals surface area contributed by atoms with E-state index < -0.39 is 6.04 Å². The molecule has 2 heterocycles. The summed E-state index contributed by atoms with van der Waals surface area (Å²) in [5, 5.41) is 5.09. The van der Waals surface area contributed by atoms with E-state index in [0.29, 0.717) is 18.1 Å². The van der Waals surface area contributed by atoms with Crippen LogP contribution < -0.4 is 11.1 Å². The van der Waals surface area contributed by atoms with Crippen LogP contribution in [-0.2, 0) is 14.3 Å². The van der Waals surface area contributed by atoms with Crippen molar-refractivity contribution in [3.63, 3.8) is 0 Å². The lowest BCUT2D eigenvalue weighted by Gasteiger charge is -2.25. The van der Waals surface area contributed by atoms with Crippen molar-refractivity contribution < 1.29 is 14.3 Å². The fourth-order valence-corrected chi connectivity index (χ4v) is 2.92. The molecule has 1 aliphatic heterocycles. The van der Waals surface area contributed by atoms with Crippen LogP contribution in [0.5, 0.6) is 0 Å². The van der Waals surface area contributed by atoms with Crippen LogP contribution in [0.25, 0.3) is 0 Å². The zero-order valence-electron chi connectivity index (χ0n) is 12.8. The van der Waals surface area contributed by atoms with Crippen LogP contribution in [0.3, 0.4) is 0 Å². The summed E-state index contributed by atoms with van der Waals surface area (Å²) in [5.41, 5.74) is 5.53. The Hall–Kier alpha value is -0.930. The minimum absolute atomic E-state index is 0. The number of ether oxygens (including phenoxy) is 1. The smallest absolute Gasteiger partial charge is 0.248 e. The minimum atomic E-state index is -0.434. The van der Waals surface area contributed by atoms with Gasteiger partial charge in [-0.05, 0) is 12.8 Å². The molecule has 0 aliphatic carbocycles. The second kappa shape index (κ2) is 10.8. The first-order valence-corrected chi connectivity index (χ1v) is 7.76. The van der Waals surface area contributed by atoms with E-state index in [1.165, 1.54) is 18.4 Å². The average Bonchev–Trinajstić information content (AvgIpc) is 3.15. The number of amides is 2. The molecule has 132 valence electrons. The van der Waals surface area contributed by atoms with Crippen molar-refractivity contribution >= 4 is 53.1 Å². The van der Waals surface area contributed by atoms with Crippen LogP contribution in [-0.4, -0.2) is 54.0 Å². The molecule has 23 heavy (non-hydrogen) atoms. The molecule has 10 heteroatoms. The molecule has 1 aliphatic rings. The first-order chi connectivity index (χ1) is 10.2. The number of nitrogens with zero attached hydrogens (tertiary/aromatic N) is 2. The van der Waals surface area contributed by atoms with Gasteiger partial charge < -0.3 is 20.7 Å². The van der Waals surface area contributed by atoms with Crippen molar-refractivity contribution in [2.75, 3.05) is 25.5 Å². The van der Waals surface area contributed by atoms with E-state index >= 15 is 0 Å². The number of nitrogens with two attached hydrogens (primary N) is 1. The van der Waals surface area contributed by atoms with Gasteiger partial charge in [-0.25, -0.2) is 4.98 Å². The number of anilines is 1. The predicted molar refractivity (Wildman–Crippen MR) is 94.4 cm³/mol. The van der Waals surface area contributed by atoms with E-state index in [1.807, 2.05) is 0 Å². The molecule has 0 radical (unpaired) electrons. The van der Waals surface area contributed by atoms with Crippen LogP contribution in [0.1, 0.15) is 19.3 Å². The zero-order chi connectivity index (χ0) is 15.2. The summed E-state index contributed by atoms with van der Waals surface area (Å²) in [5.74, 6) is -0.276. The van der Waals surface area contributed by atoms with Gasteiger partial charge >= 0.3 is 0 Å². The lowest BCUT2D eigenvalue weighted by molar-refractivity contribution is -0.138. The predicted octanol–water partition coefficient (Wildman–Crippen LogP) is 1.28. The molecule has 1 saturated heterocycles. The summed E-state index contributed by atoms with van der Waals surface area (Å²) >= 11 is 1.35. The Kier molecular flexibility index (Phi) is 10.3. The van der Waals surface area contributed by atoms with Crippen LogP contribution in [0.4, 0.5) is 5.13 Å². The number of aromatic nitrogens is 1. The Balaban J connectivity index is 0.00000242. The monoisotopic (exact) mass is 384 g/mol. The number of rotatable bonds is 6. The van der Waals surface area contributed by atoms with Gasteiger partial charge in [0.2, 0.25) is 11.8 Å². The van der Waals surface area contributed by atoms with Crippen LogP contribution in [0.15, 0.2) is 11.6 Å². The summed E-state index contributed by atoms with van der Waals surface area (Å²) in [4.78, 5) is 30.2. The van der Waals surface area contributed by atoms with Crippen molar-refractivity contribution in [1.82, 2.24) is 9.88 Å². The van der Waals surface area contributed by atoms with Gasteiger partial charge in [0, 0.05) is 31.8 Å². The molecule has 2 rings (SSSR count). The maximum absolute atomic E-state index is 12.3. The molecule has 3 N–H and O–H groups in total. The second-order valence-electron chi connectivity index (χ2n) is 4.87. The number of carbonyl (C=O) groups excluding carboxylic acids is 2. The first-order valence-electron chi connectivity index (χ1n) is 6.88. The van der Waals surface area contributed by atoms with Crippen molar-refractivity contribution in [1.29, 1.82) is 0 Å². The van der Waals surface area contributed by atoms with E-state index in [2.05, 4.69) is 10.3 Å². The highest BCUT2D eigenvalue weighted by molar-refractivity contribution is 7.13. The summed E-state index contributed by atoms with van der Waals surface area (Å²) in [6, 6.07) is -0.434. The molecule has 0 bridgehead atoms. The largest absolute Gasteiger partial charge is 0.380 e. The first kappa shape index (κ1) is 22.1. The van der Waals surface area contributed by atoms with Gasteiger partial charge in [-0.2, -0.15) is 0 Å². The van der Waals surface area contributed by atoms with Crippen LogP contribution >= 0.6 is 36.2 Å².